The lowest BCUT2D eigenvalue weighted by molar-refractivity contribution is 0.0993. The highest BCUT2D eigenvalue weighted by Gasteiger charge is 2.14. The lowest BCUT2D eigenvalue weighted by Gasteiger charge is -2.32. The number of hydrogen-bond acceptors (Lipinski definition) is 5. The monoisotopic (exact) mass is 429 g/mol. The third-order valence-corrected chi connectivity index (χ3v) is 6.35. The van der Waals surface area contributed by atoms with E-state index in [0.29, 0.717) is 12.0 Å². The summed E-state index contributed by atoms with van der Waals surface area (Å²) in [5.74, 6) is 6.39. The molecule has 31 heavy (non-hydrogen) atoms. The van der Waals surface area contributed by atoms with Gasteiger partial charge in [-0.3, -0.25) is 9.69 Å². The van der Waals surface area contributed by atoms with Gasteiger partial charge in [-0.15, -0.1) is 11.3 Å². The number of carbonyl (C=O) groups excluding carboxylic acids is 1. The van der Waals surface area contributed by atoms with E-state index in [-0.39, 0.29) is 5.78 Å². The van der Waals surface area contributed by atoms with Gasteiger partial charge in [0.1, 0.15) is 0 Å². The fourth-order valence-electron chi connectivity index (χ4n) is 3.64. The molecule has 1 aliphatic rings. The molecule has 4 rings (SSSR count). The number of Topliss-reactive ketones (excluding diaryl/α,β-unsaturated/α-hetero) is 1. The van der Waals surface area contributed by atoms with E-state index in [0.717, 1.165) is 53.7 Å². The first kappa shape index (κ1) is 21.5. The van der Waals surface area contributed by atoms with Gasteiger partial charge in [-0.05, 0) is 43.2 Å². The molecular weight excluding hydrogens is 402 g/mol. The number of benzene rings is 2. The number of hydrogen-bond donors (Lipinski definition) is 0. The molecule has 0 amide bonds. The summed E-state index contributed by atoms with van der Waals surface area (Å²) >= 11 is 1.57. The van der Waals surface area contributed by atoms with E-state index in [1.54, 1.807) is 17.5 Å². The van der Waals surface area contributed by atoms with Crippen LogP contribution in [0, 0.1) is 18.8 Å². The highest BCUT2D eigenvalue weighted by Crippen LogP contribution is 2.14. The normalized spacial score (nSPS) is 14.8. The van der Waals surface area contributed by atoms with Gasteiger partial charge in [0, 0.05) is 50.3 Å². The van der Waals surface area contributed by atoms with Gasteiger partial charge >= 0.3 is 0 Å². The van der Waals surface area contributed by atoms with Gasteiger partial charge < -0.3 is 4.90 Å². The molecule has 1 aromatic heterocycles. The van der Waals surface area contributed by atoms with Crippen molar-refractivity contribution in [1.82, 2.24) is 14.8 Å². The molecular formula is C26H27N3OS. The Morgan fingerprint density at radius 3 is 2.48 bits per heavy atom. The molecule has 2 heterocycles. The van der Waals surface area contributed by atoms with Crippen molar-refractivity contribution in [2.45, 2.75) is 19.9 Å². The number of aromatic nitrogens is 1. The third kappa shape index (κ3) is 6.11. The highest BCUT2D eigenvalue weighted by molar-refractivity contribution is 7.12. The van der Waals surface area contributed by atoms with E-state index in [1.807, 2.05) is 31.2 Å². The minimum atomic E-state index is 0.115. The number of piperazine rings is 1. The molecule has 4 nitrogen and oxygen atoms in total. The summed E-state index contributed by atoms with van der Waals surface area (Å²) < 4.78 is 0. The van der Waals surface area contributed by atoms with Crippen molar-refractivity contribution in [3.8, 4) is 11.8 Å². The summed E-state index contributed by atoms with van der Waals surface area (Å²) in [4.78, 5) is 22.8. The first-order chi connectivity index (χ1) is 15.0. The molecule has 1 saturated heterocycles. The lowest BCUT2D eigenvalue weighted by atomic mass is 10.0. The van der Waals surface area contributed by atoms with Crippen LogP contribution in [-0.4, -0.2) is 53.8 Å². The molecule has 5 heteroatoms. The number of ketones is 1. The summed E-state index contributed by atoms with van der Waals surface area (Å²) in [5, 5.41) is 1.00. The van der Waals surface area contributed by atoms with E-state index in [4.69, 9.17) is 0 Å². The van der Waals surface area contributed by atoms with Crippen molar-refractivity contribution in [1.29, 1.82) is 0 Å². The maximum Gasteiger partial charge on any atom is 0.167 e. The number of carbonyl (C=O) groups is 1. The third-order valence-electron chi connectivity index (χ3n) is 5.53. The fourth-order valence-corrected chi connectivity index (χ4v) is 4.27. The largest absolute Gasteiger partial charge is 0.304 e. The van der Waals surface area contributed by atoms with E-state index < -0.39 is 0 Å². The van der Waals surface area contributed by atoms with E-state index in [2.05, 4.69) is 57.9 Å². The summed E-state index contributed by atoms with van der Waals surface area (Å²) in [6.45, 7) is 7.41. The Kier molecular flexibility index (Phi) is 6.93. The number of thiazole rings is 1. The zero-order valence-electron chi connectivity index (χ0n) is 18.1. The topological polar surface area (TPSA) is 36.4 Å². The summed E-state index contributed by atoms with van der Waals surface area (Å²) in [6.07, 6.45) is 2.19. The van der Waals surface area contributed by atoms with Gasteiger partial charge in [0.15, 0.2) is 5.78 Å². The van der Waals surface area contributed by atoms with Crippen molar-refractivity contribution in [3.05, 3.63) is 86.9 Å². The Morgan fingerprint density at radius 1 is 1.03 bits per heavy atom. The van der Waals surface area contributed by atoms with Gasteiger partial charge in [0.2, 0.25) is 0 Å². The Balaban J connectivity index is 1.36. The van der Waals surface area contributed by atoms with Gasteiger partial charge in [0.25, 0.3) is 0 Å². The Labute approximate surface area is 188 Å². The first-order valence-electron chi connectivity index (χ1n) is 10.6. The van der Waals surface area contributed by atoms with E-state index in [9.17, 15) is 4.79 Å². The Bertz CT molecular complexity index is 1100. The van der Waals surface area contributed by atoms with Crippen molar-refractivity contribution in [2.75, 3.05) is 33.2 Å². The average molecular weight is 430 g/mol. The lowest BCUT2D eigenvalue weighted by Crippen LogP contribution is -2.43. The molecule has 0 unspecified atom stereocenters. The summed E-state index contributed by atoms with van der Waals surface area (Å²) in [7, 11) is 2.17. The molecule has 1 fully saturated rings. The molecule has 3 aromatic rings. The molecule has 0 atom stereocenters. The molecule has 0 radical (unpaired) electrons. The van der Waals surface area contributed by atoms with Crippen LogP contribution in [0.25, 0.3) is 0 Å². The molecule has 2 aromatic carbocycles. The number of likely N-dealkylation sites (N-methyl/N-ethyl adjacent to an activating group) is 1. The van der Waals surface area contributed by atoms with Crippen LogP contribution >= 0.6 is 11.3 Å². The SMILES string of the molecule is Cc1ncc(C#Cc2cccc(C(=O)Cc3ccc(CN4CCN(C)CC4)cc3)c2)s1. The fraction of sp³-hybridized carbons (Fsp3) is 0.308. The zero-order chi connectivity index (χ0) is 21.6. The second-order valence-electron chi connectivity index (χ2n) is 8.07. The molecule has 0 bridgehead atoms. The number of rotatable bonds is 5. The maximum absolute atomic E-state index is 12.8. The van der Waals surface area contributed by atoms with Gasteiger partial charge in [0.05, 0.1) is 16.1 Å². The molecule has 0 N–H and O–H groups in total. The molecule has 0 aliphatic carbocycles. The Hall–Kier alpha value is -2.78. The summed E-state index contributed by atoms with van der Waals surface area (Å²) in [6, 6.07) is 16.0. The van der Waals surface area contributed by atoms with E-state index in [1.165, 1.54) is 5.56 Å². The maximum atomic E-state index is 12.8. The van der Waals surface area contributed by atoms with Crippen LogP contribution in [0.5, 0.6) is 0 Å². The van der Waals surface area contributed by atoms with Crippen LogP contribution in [-0.2, 0) is 13.0 Å². The van der Waals surface area contributed by atoms with Crippen molar-refractivity contribution in [3.63, 3.8) is 0 Å². The smallest absolute Gasteiger partial charge is 0.167 e. The van der Waals surface area contributed by atoms with Crippen LogP contribution in [0.3, 0.4) is 0 Å². The average Bonchev–Trinajstić information content (AvgIpc) is 3.20. The van der Waals surface area contributed by atoms with Gasteiger partial charge in [-0.2, -0.15) is 0 Å². The van der Waals surface area contributed by atoms with Crippen LogP contribution in [0.4, 0.5) is 0 Å². The van der Waals surface area contributed by atoms with Gasteiger partial charge in [-0.1, -0.05) is 42.3 Å². The Morgan fingerprint density at radius 2 is 1.77 bits per heavy atom. The second kappa shape index (κ2) is 10.0. The van der Waals surface area contributed by atoms with E-state index >= 15 is 0 Å². The highest BCUT2D eigenvalue weighted by atomic mass is 32.1. The van der Waals surface area contributed by atoms with Crippen molar-refractivity contribution in [2.24, 2.45) is 0 Å². The van der Waals surface area contributed by atoms with Crippen LogP contribution < -0.4 is 0 Å². The first-order valence-corrected chi connectivity index (χ1v) is 11.4. The molecule has 1 aliphatic heterocycles. The van der Waals surface area contributed by atoms with Crippen LogP contribution in [0.2, 0.25) is 0 Å². The quantitative estimate of drug-likeness (QED) is 0.453. The standard InChI is InChI=1S/C26H27N3OS/c1-20-27-18-25(31-20)11-10-21-4-3-5-24(16-21)26(30)17-22-6-8-23(9-7-22)19-29-14-12-28(2)13-15-29/h3-9,16,18H,12-15,17,19H2,1-2H3. The van der Waals surface area contributed by atoms with Crippen molar-refractivity contribution < 1.29 is 4.79 Å². The minimum absolute atomic E-state index is 0.115. The molecule has 158 valence electrons. The minimum Gasteiger partial charge on any atom is -0.304 e. The summed E-state index contributed by atoms with van der Waals surface area (Å²) in [5.41, 5.74) is 3.90. The number of aryl methyl sites for hydroxylation is 1. The van der Waals surface area contributed by atoms with Crippen LogP contribution in [0.15, 0.2) is 54.7 Å². The molecule has 0 spiro atoms. The second-order valence-corrected chi connectivity index (χ2v) is 9.30. The van der Waals surface area contributed by atoms with Crippen molar-refractivity contribution >= 4 is 17.1 Å². The predicted octanol–water partition coefficient (Wildman–Crippen LogP) is 4.02. The van der Waals surface area contributed by atoms with Crippen LogP contribution in [0.1, 0.15) is 36.9 Å². The molecule has 0 saturated carbocycles. The zero-order valence-corrected chi connectivity index (χ0v) is 18.9. The number of nitrogens with zero attached hydrogens (tertiary/aromatic N) is 3. The predicted molar refractivity (Wildman–Crippen MR) is 127 cm³/mol. The van der Waals surface area contributed by atoms with Gasteiger partial charge in [-0.25, -0.2) is 4.98 Å².